The number of nitrogens with zero attached hydrogens (tertiary/aromatic N) is 2. The van der Waals surface area contributed by atoms with E-state index in [1.807, 2.05) is 65.6 Å². The number of carbonyl (C=O) groups is 1. The molecule has 10 heteroatoms. The molecule has 48 heavy (non-hydrogen) atoms. The van der Waals surface area contributed by atoms with Crippen molar-refractivity contribution in [2.45, 2.75) is 44.4 Å². The predicted molar refractivity (Wildman–Crippen MR) is 186 cm³/mol. The Bertz CT molecular complexity index is 1550. The molecule has 1 aliphatic heterocycles. The first-order valence-corrected chi connectivity index (χ1v) is 16.3. The lowest BCUT2D eigenvalue weighted by Crippen LogP contribution is -2.41. The van der Waals surface area contributed by atoms with Gasteiger partial charge in [-0.05, 0) is 53.8 Å². The van der Waals surface area contributed by atoms with E-state index in [0.29, 0.717) is 63.6 Å². The van der Waals surface area contributed by atoms with Crippen LogP contribution in [0.4, 0.5) is 13.2 Å². The number of alkyl halides is 3. The number of benzene rings is 4. The monoisotopic (exact) mass is 700 g/mol. The molecule has 0 radical (unpaired) electrons. The SMILES string of the molecule is C[C@H](CCOc1cccc(CC(=O)N2CCOCC2)c1)N(Cc1cccc(C(F)(F)F)c1Cl)CC(c1ccccc1)c1ccccc1.Cl. The second-order valence-electron chi connectivity index (χ2n) is 11.9. The van der Waals surface area contributed by atoms with E-state index in [4.69, 9.17) is 21.1 Å². The zero-order chi connectivity index (χ0) is 33.2. The minimum absolute atomic E-state index is 0. The fourth-order valence-electron chi connectivity index (χ4n) is 5.92. The van der Waals surface area contributed by atoms with E-state index in [0.717, 1.165) is 22.8 Å². The lowest BCUT2D eigenvalue weighted by Gasteiger charge is -2.34. The maximum atomic E-state index is 13.8. The van der Waals surface area contributed by atoms with Gasteiger partial charge in [0.05, 0.1) is 36.8 Å². The highest BCUT2D eigenvalue weighted by molar-refractivity contribution is 6.32. The number of hydrogen-bond acceptors (Lipinski definition) is 4. The summed E-state index contributed by atoms with van der Waals surface area (Å²) in [7, 11) is 0. The fourth-order valence-corrected chi connectivity index (χ4v) is 6.22. The predicted octanol–water partition coefficient (Wildman–Crippen LogP) is 8.67. The van der Waals surface area contributed by atoms with E-state index in [1.165, 1.54) is 6.07 Å². The first-order chi connectivity index (χ1) is 22.7. The number of carbonyl (C=O) groups excluding carboxylic acids is 1. The highest BCUT2D eigenvalue weighted by Gasteiger charge is 2.34. The molecule has 5 nitrogen and oxygen atoms in total. The van der Waals surface area contributed by atoms with Crippen molar-refractivity contribution in [1.82, 2.24) is 9.80 Å². The number of morpholine rings is 1. The van der Waals surface area contributed by atoms with Crippen molar-refractivity contribution in [3.05, 3.63) is 136 Å². The molecule has 0 aromatic heterocycles. The molecule has 1 saturated heterocycles. The van der Waals surface area contributed by atoms with E-state index >= 15 is 0 Å². The Kier molecular flexibility index (Phi) is 13.8. The van der Waals surface area contributed by atoms with E-state index < -0.39 is 11.7 Å². The molecule has 1 atom stereocenters. The average molecular weight is 702 g/mol. The van der Waals surface area contributed by atoms with Gasteiger partial charge in [0.25, 0.3) is 0 Å². The number of amides is 1. The molecule has 5 rings (SSSR count). The minimum Gasteiger partial charge on any atom is -0.494 e. The van der Waals surface area contributed by atoms with Crippen LogP contribution in [0, 0.1) is 0 Å². The van der Waals surface area contributed by atoms with Crippen LogP contribution in [0.5, 0.6) is 5.75 Å². The summed E-state index contributed by atoms with van der Waals surface area (Å²) in [5, 5.41) is -0.270. The first-order valence-electron chi connectivity index (χ1n) is 15.9. The summed E-state index contributed by atoms with van der Waals surface area (Å²) in [5.74, 6) is 0.712. The van der Waals surface area contributed by atoms with Gasteiger partial charge in [-0.3, -0.25) is 9.69 Å². The molecule has 1 amide bonds. The maximum Gasteiger partial charge on any atom is 0.417 e. The van der Waals surface area contributed by atoms with Gasteiger partial charge in [0.1, 0.15) is 5.75 Å². The van der Waals surface area contributed by atoms with Crippen LogP contribution < -0.4 is 4.74 Å². The van der Waals surface area contributed by atoms with Crippen LogP contribution in [0.15, 0.2) is 103 Å². The van der Waals surface area contributed by atoms with Crippen LogP contribution in [0.3, 0.4) is 0 Å². The van der Waals surface area contributed by atoms with Gasteiger partial charge in [-0.1, -0.05) is 96.5 Å². The van der Waals surface area contributed by atoms with Crippen LogP contribution >= 0.6 is 24.0 Å². The number of ether oxygens (including phenoxy) is 2. The standard InChI is InChI=1S/C38H40ClF3N2O3.ClH/c1-28(18-21-47-33-16-8-10-29(24-33)25-36(45)43-19-22-46-23-20-43)44(26-32-15-9-17-35(37(32)39)38(40,41)42)27-34(30-11-4-2-5-12-30)31-13-6-3-7-14-31;/h2-17,24,28,34H,18-23,25-27H2,1H3;1H/t28-;/m1./s1. The molecule has 256 valence electrons. The molecule has 0 unspecified atom stereocenters. The third-order valence-electron chi connectivity index (χ3n) is 8.62. The summed E-state index contributed by atoms with van der Waals surface area (Å²) < 4.78 is 52.8. The van der Waals surface area contributed by atoms with Crippen molar-refractivity contribution in [2.75, 3.05) is 39.5 Å². The minimum atomic E-state index is -4.55. The Balaban J connectivity index is 0.00000520. The summed E-state index contributed by atoms with van der Waals surface area (Å²) in [6.45, 7) is 5.56. The third-order valence-corrected chi connectivity index (χ3v) is 9.07. The van der Waals surface area contributed by atoms with Crippen molar-refractivity contribution in [2.24, 2.45) is 0 Å². The average Bonchev–Trinajstić information content (AvgIpc) is 3.08. The van der Waals surface area contributed by atoms with Crippen LogP contribution in [0.1, 0.15) is 47.1 Å². The molecular formula is C38H41Cl2F3N2O3. The molecule has 0 spiro atoms. The molecule has 0 bridgehead atoms. The van der Waals surface area contributed by atoms with Gasteiger partial charge in [0, 0.05) is 38.1 Å². The summed E-state index contributed by atoms with van der Waals surface area (Å²) >= 11 is 6.39. The highest BCUT2D eigenvalue weighted by atomic mass is 35.5. The Morgan fingerprint density at radius 1 is 0.917 bits per heavy atom. The fraction of sp³-hybridized carbons (Fsp3) is 0.342. The number of rotatable bonds is 13. The maximum absolute atomic E-state index is 13.8. The molecular weight excluding hydrogens is 660 g/mol. The first kappa shape index (κ1) is 37.3. The summed E-state index contributed by atoms with van der Waals surface area (Å²) in [4.78, 5) is 16.8. The number of halogens is 5. The second-order valence-corrected chi connectivity index (χ2v) is 12.3. The van der Waals surface area contributed by atoms with E-state index in [1.54, 1.807) is 6.07 Å². The highest BCUT2D eigenvalue weighted by Crippen LogP contribution is 2.37. The third kappa shape index (κ3) is 10.2. The zero-order valence-electron chi connectivity index (χ0n) is 26.9. The van der Waals surface area contributed by atoms with Gasteiger partial charge in [-0.25, -0.2) is 0 Å². The topological polar surface area (TPSA) is 42.0 Å². The quantitative estimate of drug-likeness (QED) is 0.140. The summed E-state index contributed by atoms with van der Waals surface area (Å²) in [6, 6.07) is 31.9. The smallest absolute Gasteiger partial charge is 0.417 e. The van der Waals surface area contributed by atoms with Crippen LogP contribution in [-0.4, -0.2) is 61.2 Å². The van der Waals surface area contributed by atoms with E-state index in [-0.39, 0.29) is 41.8 Å². The summed E-state index contributed by atoms with van der Waals surface area (Å²) in [5.41, 5.74) is 2.70. The Hall–Kier alpha value is -3.56. The van der Waals surface area contributed by atoms with Crippen molar-refractivity contribution < 1.29 is 27.4 Å². The lowest BCUT2D eigenvalue weighted by atomic mass is 9.90. The van der Waals surface area contributed by atoms with Crippen molar-refractivity contribution in [3.8, 4) is 5.75 Å². The zero-order valence-corrected chi connectivity index (χ0v) is 28.4. The Morgan fingerprint density at radius 3 is 2.17 bits per heavy atom. The molecule has 4 aromatic rings. The largest absolute Gasteiger partial charge is 0.494 e. The molecule has 1 fully saturated rings. The second kappa shape index (κ2) is 17.7. The van der Waals surface area contributed by atoms with Crippen molar-refractivity contribution in [3.63, 3.8) is 0 Å². The van der Waals surface area contributed by atoms with Gasteiger partial charge in [-0.2, -0.15) is 13.2 Å². The van der Waals surface area contributed by atoms with Crippen LogP contribution in [0.2, 0.25) is 5.02 Å². The van der Waals surface area contributed by atoms with Gasteiger partial charge < -0.3 is 14.4 Å². The molecule has 0 aliphatic carbocycles. The van der Waals surface area contributed by atoms with Crippen molar-refractivity contribution in [1.29, 1.82) is 0 Å². The van der Waals surface area contributed by atoms with Crippen molar-refractivity contribution >= 4 is 29.9 Å². The van der Waals surface area contributed by atoms with Crippen LogP contribution in [0.25, 0.3) is 0 Å². The van der Waals surface area contributed by atoms with E-state index in [2.05, 4.69) is 36.1 Å². The molecule has 1 aliphatic rings. The molecule has 0 saturated carbocycles. The molecule has 1 heterocycles. The number of hydrogen-bond donors (Lipinski definition) is 0. The molecule has 4 aromatic carbocycles. The van der Waals surface area contributed by atoms with Gasteiger partial charge in [0.15, 0.2) is 0 Å². The molecule has 0 N–H and O–H groups in total. The van der Waals surface area contributed by atoms with Gasteiger partial charge in [0.2, 0.25) is 5.91 Å². The van der Waals surface area contributed by atoms with E-state index in [9.17, 15) is 18.0 Å². The van der Waals surface area contributed by atoms with Crippen LogP contribution in [-0.2, 0) is 28.7 Å². The Morgan fingerprint density at radius 2 is 1.54 bits per heavy atom. The van der Waals surface area contributed by atoms with Gasteiger partial charge in [-0.15, -0.1) is 12.4 Å². The normalized spacial score (nSPS) is 14.1. The lowest BCUT2D eigenvalue weighted by molar-refractivity contribution is -0.137. The summed E-state index contributed by atoms with van der Waals surface area (Å²) in [6.07, 6.45) is -3.64. The Labute approximate surface area is 292 Å². The van der Waals surface area contributed by atoms with Gasteiger partial charge >= 0.3 is 6.18 Å².